The molecule has 0 aliphatic rings. The number of H-pyrrole nitrogens is 1. The maximum Gasteiger partial charge on any atom is 0.212 e. The quantitative estimate of drug-likeness (QED) is 0.365. The Kier molecular flexibility index (Phi) is 5.94. The predicted molar refractivity (Wildman–Crippen MR) is 115 cm³/mol. The van der Waals surface area contributed by atoms with E-state index < -0.39 is 11.8 Å². The fourth-order valence-electron chi connectivity index (χ4n) is 2.96. The summed E-state index contributed by atoms with van der Waals surface area (Å²) in [6.07, 6.45) is 2.99. The summed E-state index contributed by atoms with van der Waals surface area (Å²) < 4.78 is 38.9. The molecule has 0 amide bonds. The molecule has 0 saturated heterocycles. The van der Waals surface area contributed by atoms with Crippen LogP contribution in [0.15, 0.2) is 53.4 Å². The Bertz CT molecular complexity index is 1230. The first-order valence-electron chi connectivity index (χ1n) is 9.24. The number of aromatic amines is 1. The van der Waals surface area contributed by atoms with Gasteiger partial charge in [0.2, 0.25) is 5.95 Å². The zero-order valence-corrected chi connectivity index (χ0v) is 18.2. The second kappa shape index (κ2) is 8.81. The minimum absolute atomic E-state index is 0.0115. The summed E-state index contributed by atoms with van der Waals surface area (Å²) >= 11 is 3.47. The van der Waals surface area contributed by atoms with Crippen LogP contribution in [0.2, 0.25) is 0 Å². The molecule has 0 atom stereocenters. The number of halogens is 3. The van der Waals surface area contributed by atoms with E-state index in [1.807, 2.05) is 0 Å². The van der Waals surface area contributed by atoms with E-state index in [9.17, 15) is 8.78 Å². The Balaban J connectivity index is 1.59. The van der Waals surface area contributed by atoms with E-state index in [0.717, 1.165) is 5.56 Å². The van der Waals surface area contributed by atoms with Gasteiger partial charge in [-0.15, -0.1) is 0 Å². The molecule has 0 aliphatic carbocycles. The van der Waals surface area contributed by atoms with Crippen molar-refractivity contribution in [1.82, 2.24) is 19.9 Å². The molecule has 31 heavy (non-hydrogen) atoms. The highest BCUT2D eigenvalue weighted by Gasteiger charge is 2.17. The Morgan fingerprint density at radius 1 is 1.06 bits per heavy atom. The highest BCUT2D eigenvalue weighted by molar-refractivity contribution is 9.10. The van der Waals surface area contributed by atoms with Crippen LogP contribution in [0.4, 0.5) is 8.78 Å². The lowest BCUT2D eigenvalue weighted by molar-refractivity contribution is 0.292. The smallest absolute Gasteiger partial charge is 0.212 e. The summed E-state index contributed by atoms with van der Waals surface area (Å²) in [6.45, 7) is 1.76. The number of pyridine rings is 2. The molecule has 0 unspecified atom stereocenters. The minimum Gasteiger partial charge on any atom is -0.496 e. The molecule has 0 saturated carbocycles. The van der Waals surface area contributed by atoms with Crippen LogP contribution in [0.1, 0.15) is 11.3 Å². The summed E-state index contributed by atoms with van der Waals surface area (Å²) in [6, 6.07) is 9.50. The molecule has 4 rings (SSSR count). The topological polar surface area (TPSA) is 72.9 Å². The van der Waals surface area contributed by atoms with Crippen molar-refractivity contribution < 1.29 is 18.3 Å². The zero-order valence-electron chi connectivity index (χ0n) is 16.6. The van der Waals surface area contributed by atoms with E-state index in [0.29, 0.717) is 38.7 Å². The molecule has 3 heterocycles. The first kappa shape index (κ1) is 20.9. The van der Waals surface area contributed by atoms with Crippen molar-refractivity contribution in [2.45, 2.75) is 13.5 Å². The number of aromatic nitrogens is 4. The van der Waals surface area contributed by atoms with Gasteiger partial charge in [0, 0.05) is 29.6 Å². The molecular weight excluding hydrogens is 470 g/mol. The average Bonchev–Trinajstić information content (AvgIpc) is 3.14. The lowest BCUT2D eigenvalue weighted by Crippen LogP contribution is -2.02. The third-order valence-corrected chi connectivity index (χ3v) is 5.09. The van der Waals surface area contributed by atoms with Crippen LogP contribution in [0.5, 0.6) is 11.5 Å². The number of hydrogen-bond donors (Lipinski definition) is 1. The number of rotatable bonds is 6. The number of hydrogen-bond acceptors (Lipinski definition) is 5. The molecule has 0 aliphatic heterocycles. The van der Waals surface area contributed by atoms with Crippen molar-refractivity contribution in [3.8, 4) is 34.1 Å². The number of methoxy groups -OCH3 is 1. The predicted octanol–water partition coefficient (Wildman–Crippen LogP) is 5.47. The lowest BCUT2D eigenvalue weighted by atomic mass is 10.1. The van der Waals surface area contributed by atoms with Gasteiger partial charge in [0.25, 0.3) is 0 Å². The Morgan fingerprint density at radius 3 is 2.61 bits per heavy atom. The maximum atomic E-state index is 14.0. The standard InChI is InChI=1S/C22H17BrF2N4O2/c1-12-7-16(24)17(26-9-12)11-31-14-4-5-15(18(8-14)30-2)20-21(23)29-22(28-20)13-3-6-19(25)27-10-13/h3-10H,11H2,1-2H3,(H,28,29). The number of nitrogens with zero attached hydrogens (tertiary/aromatic N) is 3. The third-order valence-electron chi connectivity index (χ3n) is 4.52. The van der Waals surface area contributed by atoms with Crippen molar-refractivity contribution in [3.05, 3.63) is 76.4 Å². The van der Waals surface area contributed by atoms with E-state index in [-0.39, 0.29) is 12.3 Å². The highest BCUT2D eigenvalue weighted by atomic mass is 79.9. The summed E-state index contributed by atoms with van der Waals surface area (Å²) in [5.41, 5.74) is 2.92. The second-order valence-corrected chi connectivity index (χ2v) is 7.50. The molecular formula is C22H17BrF2N4O2. The van der Waals surface area contributed by atoms with Gasteiger partial charge in [-0.2, -0.15) is 4.39 Å². The third kappa shape index (κ3) is 4.56. The van der Waals surface area contributed by atoms with Gasteiger partial charge in [-0.05, 0) is 58.7 Å². The maximum absolute atomic E-state index is 14.0. The molecule has 0 fully saturated rings. The molecule has 1 N–H and O–H groups in total. The van der Waals surface area contributed by atoms with Gasteiger partial charge in [0.1, 0.15) is 45.7 Å². The van der Waals surface area contributed by atoms with Gasteiger partial charge in [-0.3, -0.25) is 4.98 Å². The number of imidazole rings is 1. The minimum atomic E-state index is -0.562. The lowest BCUT2D eigenvalue weighted by Gasteiger charge is -2.11. The normalized spacial score (nSPS) is 10.9. The van der Waals surface area contributed by atoms with Gasteiger partial charge >= 0.3 is 0 Å². The molecule has 9 heteroatoms. The summed E-state index contributed by atoms with van der Waals surface area (Å²) in [5.74, 6) is 0.569. The van der Waals surface area contributed by atoms with Gasteiger partial charge in [0.15, 0.2) is 0 Å². The largest absolute Gasteiger partial charge is 0.496 e. The van der Waals surface area contributed by atoms with E-state index in [4.69, 9.17) is 9.47 Å². The molecule has 1 aromatic carbocycles. The van der Waals surface area contributed by atoms with Crippen molar-refractivity contribution in [2.24, 2.45) is 0 Å². The number of nitrogens with one attached hydrogen (secondary N) is 1. The van der Waals surface area contributed by atoms with Crippen LogP contribution in [-0.2, 0) is 6.61 Å². The van der Waals surface area contributed by atoms with E-state index in [1.165, 1.54) is 25.4 Å². The van der Waals surface area contributed by atoms with E-state index in [1.54, 1.807) is 37.4 Å². The van der Waals surface area contributed by atoms with Crippen molar-refractivity contribution in [3.63, 3.8) is 0 Å². The number of aryl methyl sites for hydroxylation is 1. The summed E-state index contributed by atoms with van der Waals surface area (Å²) in [7, 11) is 1.54. The first-order valence-corrected chi connectivity index (χ1v) is 10.0. The SMILES string of the molecule is COc1cc(OCc2ncc(C)cc2F)ccc1-c1nc(-c2ccc(F)nc2)[nH]c1Br. The van der Waals surface area contributed by atoms with Crippen LogP contribution in [0.3, 0.4) is 0 Å². The molecule has 0 radical (unpaired) electrons. The summed E-state index contributed by atoms with van der Waals surface area (Å²) in [4.78, 5) is 15.4. The Morgan fingerprint density at radius 2 is 1.90 bits per heavy atom. The molecule has 158 valence electrons. The van der Waals surface area contributed by atoms with Gasteiger partial charge < -0.3 is 14.5 Å². The molecule has 0 spiro atoms. The molecule has 3 aromatic heterocycles. The Labute approximate surface area is 185 Å². The second-order valence-electron chi connectivity index (χ2n) is 6.71. The number of benzene rings is 1. The fourth-order valence-corrected chi connectivity index (χ4v) is 3.45. The highest BCUT2D eigenvalue weighted by Crippen LogP contribution is 2.37. The summed E-state index contributed by atoms with van der Waals surface area (Å²) in [5, 5.41) is 0. The van der Waals surface area contributed by atoms with Crippen LogP contribution < -0.4 is 9.47 Å². The van der Waals surface area contributed by atoms with Crippen LogP contribution in [-0.4, -0.2) is 27.0 Å². The monoisotopic (exact) mass is 486 g/mol. The first-order chi connectivity index (χ1) is 14.9. The van der Waals surface area contributed by atoms with E-state index in [2.05, 4.69) is 35.9 Å². The van der Waals surface area contributed by atoms with Crippen molar-refractivity contribution >= 4 is 15.9 Å². The average molecular weight is 487 g/mol. The van der Waals surface area contributed by atoms with Gasteiger partial charge in [-0.25, -0.2) is 14.4 Å². The Hall–Kier alpha value is -3.33. The van der Waals surface area contributed by atoms with Crippen molar-refractivity contribution in [2.75, 3.05) is 7.11 Å². The van der Waals surface area contributed by atoms with E-state index >= 15 is 0 Å². The van der Waals surface area contributed by atoms with Crippen LogP contribution in [0, 0.1) is 18.7 Å². The van der Waals surface area contributed by atoms with Crippen molar-refractivity contribution in [1.29, 1.82) is 0 Å². The van der Waals surface area contributed by atoms with Crippen LogP contribution in [0.25, 0.3) is 22.6 Å². The molecule has 4 aromatic rings. The van der Waals surface area contributed by atoms with Gasteiger partial charge in [-0.1, -0.05) is 0 Å². The zero-order chi connectivity index (χ0) is 22.0. The fraction of sp³-hybridized carbons (Fsp3) is 0.136. The van der Waals surface area contributed by atoms with Gasteiger partial charge in [0.05, 0.1) is 7.11 Å². The number of ether oxygens (including phenoxy) is 2. The molecule has 0 bridgehead atoms. The molecule has 6 nitrogen and oxygen atoms in total. The van der Waals surface area contributed by atoms with Crippen LogP contribution >= 0.6 is 15.9 Å².